The first kappa shape index (κ1) is 16.8. The van der Waals surface area contributed by atoms with Crippen molar-refractivity contribution in [1.82, 2.24) is 19.8 Å². The number of carbonyl (C=O) groups excluding carboxylic acids is 2. The van der Waals surface area contributed by atoms with Crippen molar-refractivity contribution in [3.63, 3.8) is 0 Å². The summed E-state index contributed by atoms with van der Waals surface area (Å²) in [5.74, 6) is 0.272. The molecule has 0 bridgehead atoms. The van der Waals surface area contributed by atoms with Gasteiger partial charge in [0, 0.05) is 50.1 Å². The number of hydrogen-bond acceptors (Lipinski definition) is 3. The maximum absolute atomic E-state index is 12.7. The Kier molecular flexibility index (Phi) is 4.49. The molecular weight excluding hydrogens is 328 g/mol. The predicted octanol–water partition coefficient (Wildman–Crippen LogP) is 2.45. The van der Waals surface area contributed by atoms with Gasteiger partial charge in [-0.1, -0.05) is 6.07 Å². The van der Waals surface area contributed by atoms with E-state index in [0.717, 1.165) is 38.0 Å². The number of likely N-dealkylation sites (tertiary alicyclic amines) is 2. The summed E-state index contributed by atoms with van der Waals surface area (Å²) in [5, 5.41) is 0. The molecule has 4 heterocycles. The van der Waals surface area contributed by atoms with Gasteiger partial charge in [-0.25, -0.2) is 0 Å². The van der Waals surface area contributed by atoms with Crippen molar-refractivity contribution < 1.29 is 9.59 Å². The summed E-state index contributed by atoms with van der Waals surface area (Å²) in [4.78, 5) is 36.4. The molecular formula is C20H24N4O2. The number of nitrogens with zero attached hydrogens (tertiary/aromatic N) is 3. The Morgan fingerprint density at radius 2 is 2.15 bits per heavy atom. The average molecular weight is 352 g/mol. The van der Waals surface area contributed by atoms with E-state index in [4.69, 9.17) is 0 Å². The van der Waals surface area contributed by atoms with Crippen LogP contribution in [0.4, 0.5) is 0 Å². The van der Waals surface area contributed by atoms with Crippen molar-refractivity contribution in [2.45, 2.75) is 32.2 Å². The van der Waals surface area contributed by atoms with E-state index in [2.05, 4.69) is 9.97 Å². The summed E-state index contributed by atoms with van der Waals surface area (Å²) in [6.07, 6.45) is 8.76. The molecule has 26 heavy (non-hydrogen) atoms. The molecule has 4 rings (SSSR count). The van der Waals surface area contributed by atoms with Crippen LogP contribution in [0, 0.1) is 5.41 Å². The highest BCUT2D eigenvalue weighted by atomic mass is 16.2. The smallest absolute Gasteiger partial charge is 0.255 e. The molecule has 1 atom stereocenters. The normalized spacial score (nSPS) is 23.5. The van der Waals surface area contributed by atoms with Crippen molar-refractivity contribution >= 4 is 11.8 Å². The number of rotatable bonds is 3. The molecule has 1 unspecified atom stereocenters. The minimum Gasteiger partial charge on any atom is -0.367 e. The molecule has 2 aliphatic heterocycles. The molecule has 0 aromatic carbocycles. The molecule has 2 aliphatic rings. The Morgan fingerprint density at radius 1 is 1.23 bits per heavy atom. The van der Waals surface area contributed by atoms with Crippen LogP contribution in [-0.4, -0.2) is 51.2 Å². The molecule has 6 nitrogen and oxygen atoms in total. The molecule has 6 heteroatoms. The zero-order valence-corrected chi connectivity index (χ0v) is 14.9. The number of piperidine rings is 2. The van der Waals surface area contributed by atoms with Crippen molar-refractivity contribution in [1.29, 1.82) is 0 Å². The van der Waals surface area contributed by atoms with Crippen LogP contribution in [0.5, 0.6) is 0 Å². The van der Waals surface area contributed by atoms with Crippen LogP contribution in [0.25, 0.3) is 0 Å². The van der Waals surface area contributed by atoms with Crippen LogP contribution in [0.3, 0.4) is 0 Å². The van der Waals surface area contributed by atoms with E-state index in [9.17, 15) is 9.59 Å². The van der Waals surface area contributed by atoms with Gasteiger partial charge in [0.2, 0.25) is 5.91 Å². The van der Waals surface area contributed by atoms with Crippen LogP contribution in [-0.2, 0) is 11.3 Å². The van der Waals surface area contributed by atoms with E-state index >= 15 is 0 Å². The number of carbonyl (C=O) groups is 2. The molecule has 2 amide bonds. The highest BCUT2D eigenvalue weighted by Crippen LogP contribution is 2.39. The third kappa shape index (κ3) is 3.36. The number of amides is 2. The minimum atomic E-state index is 0.00685. The zero-order chi connectivity index (χ0) is 18.0. The Labute approximate surface area is 153 Å². The standard InChI is InChI=1S/C20H24N4O2/c25-18-5-8-20(15-24(18)13-17-4-1-2-9-22-17)7-3-11-23(14-20)19(26)16-6-10-21-12-16/h1-2,4,6,9-10,12,21H,3,5,7-8,11,13-15H2. The van der Waals surface area contributed by atoms with Gasteiger partial charge in [-0.3, -0.25) is 14.6 Å². The summed E-state index contributed by atoms with van der Waals surface area (Å²) in [6.45, 7) is 2.77. The second-order valence-corrected chi connectivity index (χ2v) is 7.50. The number of aromatic nitrogens is 2. The van der Waals surface area contributed by atoms with E-state index in [0.29, 0.717) is 25.1 Å². The minimum absolute atomic E-state index is 0.00685. The van der Waals surface area contributed by atoms with Crippen molar-refractivity contribution in [3.05, 3.63) is 54.1 Å². The van der Waals surface area contributed by atoms with Gasteiger partial charge in [0.15, 0.2) is 0 Å². The zero-order valence-electron chi connectivity index (χ0n) is 14.9. The van der Waals surface area contributed by atoms with Gasteiger partial charge >= 0.3 is 0 Å². The molecule has 2 aromatic heterocycles. The van der Waals surface area contributed by atoms with Crippen LogP contribution in [0.15, 0.2) is 42.9 Å². The number of H-pyrrole nitrogens is 1. The van der Waals surface area contributed by atoms with Gasteiger partial charge in [-0.15, -0.1) is 0 Å². The Balaban J connectivity index is 1.48. The largest absolute Gasteiger partial charge is 0.367 e. The molecule has 2 aromatic rings. The molecule has 1 spiro atoms. The predicted molar refractivity (Wildman–Crippen MR) is 97.3 cm³/mol. The summed E-state index contributed by atoms with van der Waals surface area (Å²) >= 11 is 0. The van der Waals surface area contributed by atoms with Crippen molar-refractivity contribution in [3.8, 4) is 0 Å². The van der Waals surface area contributed by atoms with Crippen molar-refractivity contribution in [2.75, 3.05) is 19.6 Å². The first-order chi connectivity index (χ1) is 12.7. The average Bonchev–Trinajstić information content (AvgIpc) is 3.20. The number of nitrogens with one attached hydrogen (secondary N) is 1. The maximum atomic E-state index is 12.7. The lowest BCUT2D eigenvalue weighted by molar-refractivity contribution is -0.139. The summed E-state index contributed by atoms with van der Waals surface area (Å²) < 4.78 is 0. The van der Waals surface area contributed by atoms with Gasteiger partial charge < -0.3 is 14.8 Å². The molecule has 2 saturated heterocycles. The number of aromatic amines is 1. The second-order valence-electron chi connectivity index (χ2n) is 7.50. The van der Waals surface area contributed by atoms with Crippen LogP contribution in [0.2, 0.25) is 0 Å². The lowest BCUT2D eigenvalue weighted by Crippen LogP contribution is -2.54. The van der Waals surface area contributed by atoms with Crippen LogP contribution < -0.4 is 0 Å². The van der Waals surface area contributed by atoms with E-state index in [-0.39, 0.29) is 17.2 Å². The van der Waals surface area contributed by atoms with Gasteiger partial charge in [-0.05, 0) is 37.5 Å². The lowest BCUT2D eigenvalue weighted by atomic mass is 9.73. The Bertz CT molecular complexity index is 774. The number of pyridine rings is 1. The number of hydrogen-bond donors (Lipinski definition) is 1. The van der Waals surface area contributed by atoms with Crippen molar-refractivity contribution in [2.24, 2.45) is 5.41 Å². The van der Waals surface area contributed by atoms with E-state index < -0.39 is 0 Å². The van der Waals surface area contributed by atoms with Gasteiger partial charge in [-0.2, -0.15) is 0 Å². The molecule has 0 saturated carbocycles. The van der Waals surface area contributed by atoms with Gasteiger partial charge in [0.25, 0.3) is 5.91 Å². The summed E-state index contributed by atoms with van der Waals surface area (Å²) in [7, 11) is 0. The highest BCUT2D eigenvalue weighted by Gasteiger charge is 2.42. The molecule has 1 N–H and O–H groups in total. The third-order valence-corrected chi connectivity index (χ3v) is 5.62. The fraction of sp³-hybridized carbons (Fsp3) is 0.450. The monoisotopic (exact) mass is 352 g/mol. The van der Waals surface area contributed by atoms with Crippen LogP contribution in [0.1, 0.15) is 41.7 Å². The fourth-order valence-electron chi connectivity index (χ4n) is 4.29. The molecule has 0 aliphatic carbocycles. The second kappa shape index (κ2) is 6.94. The van der Waals surface area contributed by atoms with E-state index in [1.165, 1.54) is 0 Å². The molecule has 0 radical (unpaired) electrons. The first-order valence-corrected chi connectivity index (χ1v) is 9.25. The molecule has 136 valence electrons. The van der Waals surface area contributed by atoms with E-state index in [1.807, 2.05) is 34.1 Å². The van der Waals surface area contributed by atoms with E-state index in [1.54, 1.807) is 18.6 Å². The Morgan fingerprint density at radius 3 is 2.92 bits per heavy atom. The van der Waals surface area contributed by atoms with Crippen LogP contribution >= 0.6 is 0 Å². The summed E-state index contributed by atoms with van der Waals surface area (Å²) in [6, 6.07) is 7.61. The SMILES string of the molecule is O=C1CCC2(CCCN(C(=O)c3cc[nH]c3)C2)CN1Cc1ccccn1. The quantitative estimate of drug-likeness (QED) is 0.922. The highest BCUT2D eigenvalue weighted by molar-refractivity contribution is 5.94. The third-order valence-electron chi connectivity index (χ3n) is 5.62. The lowest BCUT2D eigenvalue weighted by Gasteiger charge is -2.48. The fourth-order valence-corrected chi connectivity index (χ4v) is 4.29. The Hall–Kier alpha value is -2.63. The van der Waals surface area contributed by atoms with Gasteiger partial charge in [0.05, 0.1) is 17.8 Å². The van der Waals surface area contributed by atoms with Gasteiger partial charge in [0.1, 0.15) is 0 Å². The molecule has 2 fully saturated rings. The first-order valence-electron chi connectivity index (χ1n) is 9.25. The maximum Gasteiger partial charge on any atom is 0.255 e. The topological polar surface area (TPSA) is 69.3 Å². The summed E-state index contributed by atoms with van der Waals surface area (Å²) in [5.41, 5.74) is 1.63.